The van der Waals surface area contributed by atoms with E-state index in [1.165, 1.54) is 23.3 Å². The van der Waals surface area contributed by atoms with E-state index in [1.54, 1.807) is 18.2 Å². The highest BCUT2D eigenvalue weighted by Crippen LogP contribution is 2.21. The van der Waals surface area contributed by atoms with Gasteiger partial charge in [-0.25, -0.2) is 4.79 Å². The number of amides is 2. The van der Waals surface area contributed by atoms with Crippen molar-refractivity contribution in [3.05, 3.63) is 47.9 Å². The van der Waals surface area contributed by atoms with Crippen LogP contribution in [0.25, 0.3) is 0 Å². The van der Waals surface area contributed by atoms with E-state index in [1.807, 2.05) is 0 Å². The second-order valence-electron chi connectivity index (χ2n) is 5.77. The fourth-order valence-electron chi connectivity index (χ4n) is 2.85. The molecule has 8 heteroatoms. The van der Waals surface area contributed by atoms with Gasteiger partial charge in [0.25, 0.3) is 11.8 Å². The number of anilines is 1. The van der Waals surface area contributed by atoms with Crippen LogP contribution in [0.15, 0.2) is 41.1 Å². The van der Waals surface area contributed by atoms with Gasteiger partial charge in [0.2, 0.25) is 0 Å². The molecular weight excluding hydrogens is 326 g/mol. The van der Waals surface area contributed by atoms with Crippen molar-refractivity contribution in [3.8, 4) is 0 Å². The Morgan fingerprint density at radius 3 is 2.80 bits per heavy atom. The zero-order valence-electron chi connectivity index (χ0n) is 13.3. The van der Waals surface area contributed by atoms with Gasteiger partial charge in [-0.05, 0) is 37.5 Å². The van der Waals surface area contributed by atoms with Gasteiger partial charge in [-0.15, -0.1) is 0 Å². The molecular formula is C17H17N3O5. The van der Waals surface area contributed by atoms with Crippen LogP contribution in [0.1, 0.15) is 40.1 Å². The molecule has 1 aromatic carbocycles. The smallest absolute Gasteiger partial charge is 0.326 e. The average molecular weight is 343 g/mol. The lowest BCUT2D eigenvalue weighted by Gasteiger charge is -2.33. The normalized spacial score (nSPS) is 17.1. The SMILES string of the molecule is O=C(Nc1cccc(C(=O)N2CCCCC2C(=O)O)c1)c1ccon1. The summed E-state index contributed by atoms with van der Waals surface area (Å²) in [7, 11) is 0. The van der Waals surface area contributed by atoms with Gasteiger partial charge in [-0.2, -0.15) is 0 Å². The van der Waals surface area contributed by atoms with E-state index in [-0.39, 0.29) is 11.6 Å². The zero-order chi connectivity index (χ0) is 17.8. The van der Waals surface area contributed by atoms with Crippen molar-refractivity contribution in [2.75, 3.05) is 11.9 Å². The Kier molecular flexibility index (Phi) is 4.78. The molecule has 130 valence electrons. The van der Waals surface area contributed by atoms with E-state index in [9.17, 15) is 19.5 Å². The molecule has 8 nitrogen and oxygen atoms in total. The van der Waals surface area contributed by atoms with Crippen molar-refractivity contribution in [1.82, 2.24) is 10.1 Å². The summed E-state index contributed by atoms with van der Waals surface area (Å²) in [5, 5.41) is 15.5. The third-order valence-electron chi connectivity index (χ3n) is 4.09. The molecule has 0 aliphatic carbocycles. The molecule has 0 bridgehead atoms. The molecule has 25 heavy (non-hydrogen) atoms. The first-order valence-corrected chi connectivity index (χ1v) is 7.92. The maximum atomic E-state index is 12.7. The molecule has 0 saturated carbocycles. The number of rotatable bonds is 4. The number of hydrogen-bond acceptors (Lipinski definition) is 5. The van der Waals surface area contributed by atoms with Crippen LogP contribution >= 0.6 is 0 Å². The van der Waals surface area contributed by atoms with Crippen molar-refractivity contribution in [3.63, 3.8) is 0 Å². The van der Waals surface area contributed by atoms with Crippen LogP contribution in [0, 0.1) is 0 Å². The summed E-state index contributed by atoms with van der Waals surface area (Å²) in [6.07, 6.45) is 3.30. The number of aromatic nitrogens is 1. The third-order valence-corrected chi connectivity index (χ3v) is 4.09. The molecule has 1 unspecified atom stereocenters. The summed E-state index contributed by atoms with van der Waals surface area (Å²) in [5.41, 5.74) is 0.868. The molecule has 1 aromatic heterocycles. The summed E-state index contributed by atoms with van der Waals surface area (Å²) in [6, 6.07) is 7.00. The van der Waals surface area contributed by atoms with Gasteiger partial charge in [-0.1, -0.05) is 11.2 Å². The Balaban J connectivity index is 1.77. The molecule has 2 aromatic rings. The predicted molar refractivity (Wildman–Crippen MR) is 87.2 cm³/mol. The highest BCUT2D eigenvalue weighted by atomic mass is 16.5. The molecule has 0 radical (unpaired) electrons. The van der Waals surface area contributed by atoms with E-state index < -0.39 is 17.9 Å². The van der Waals surface area contributed by atoms with Gasteiger partial charge in [0.05, 0.1) is 0 Å². The number of nitrogens with zero attached hydrogens (tertiary/aromatic N) is 2. The van der Waals surface area contributed by atoms with Gasteiger partial charge in [0.15, 0.2) is 5.69 Å². The monoisotopic (exact) mass is 343 g/mol. The van der Waals surface area contributed by atoms with Crippen molar-refractivity contribution in [2.45, 2.75) is 25.3 Å². The number of carbonyl (C=O) groups is 3. The topological polar surface area (TPSA) is 113 Å². The quantitative estimate of drug-likeness (QED) is 0.878. The van der Waals surface area contributed by atoms with Gasteiger partial charge >= 0.3 is 5.97 Å². The van der Waals surface area contributed by atoms with Crippen LogP contribution in [-0.2, 0) is 4.79 Å². The Labute approximate surface area is 143 Å². The van der Waals surface area contributed by atoms with Gasteiger partial charge in [-0.3, -0.25) is 9.59 Å². The number of piperidine rings is 1. The Morgan fingerprint density at radius 2 is 2.08 bits per heavy atom. The largest absolute Gasteiger partial charge is 0.480 e. The van der Waals surface area contributed by atoms with Crippen LogP contribution in [0.5, 0.6) is 0 Å². The van der Waals surface area contributed by atoms with Crippen LogP contribution in [0.3, 0.4) is 0 Å². The minimum Gasteiger partial charge on any atom is -0.480 e. The standard InChI is InChI=1S/C17H17N3O5/c21-15(13-7-9-25-19-13)18-12-5-3-4-11(10-12)16(22)20-8-2-1-6-14(20)17(23)24/h3-5,7,9-10,14H,1-2,6,8H2,(H,18,21)(H,23,24). The number of carboxylic acid groups (broad SMARTS) is 1. The Morgan fingerprint density at radius 1 is 1.24 bits per heavy atom. The molecule has 0 spiro atoms. The minimum atomic E-state index is -0.997. The first kappa shape index (κ1) is 16.7. The van der Waals surface area contributed by atoms with Gasteiger partial charge in [0.1, 0.15) is 12.3 Å². The second-order valence-corrected chi connectivity index (χ2v) is 5.77. The maximum absolute atomic E-state index is 12.7. The lowest BCUT2D eigenvalue weighted by Crippen LogP contribution is -2.48. The first-order valence-electron chi connectivity index (χ1n) is 7.92. The molecule has 2 heterocycles. The van der Waals surface area contributed by atoms with E-state index in [2.05, 4.69) is 15.0 Å². The molecule has 1 saturated heterocycles. The first-order chi connectivity index (χ1) is 12.1. The number of nitrogens with one attached hydrogen (secondary N) is 1. The molecule has 2 N–H and O–H groups in total. The Bertz CT molecular complexity index is 787. The summed E-state index contributed by atoms with van der Waals surface area (Å²) >= 11 is 0. The molecule has 1 atom stereocenters. The minimum absolute atomic E-state index is 0.124. The molecule has 2 amide bonds. The van der Waals surface area contributed by atoms with Crippen molar-refractivity contribution in [1.29, 1.82) is 0 Å². The predicted octanol–water partition coefficient (Wildman–Crippen LogP) is 2.01. The summed E-state index contributed by atoms with van der Waals surface area (Å²) in [5.74, 6) is -1.81. The molecule has 1 aliphatic rings. The van der Waals surface area contributed by atoms with E-state index in [0.717, 1.165) is 12.8 Å². The molecule has 1 fully saturated rings. The molecule has 3 rings (SSSR count). The number of hydrogen-bond donors (Lipinski definition) is 2. The van der Waals surface area contributed by atoms with Crippen LogP contribution < -0.4 is 5.32 Å². The average Bonchev–Trinajstić information content (AvgIpc) is 3.16. The van der Waals surface area contributed by atoms with Crippen LogP contribution in [0.2, 0.25) is 0 Å². The van der Waals surface area contributed by atoms with E-state index >= 15 is 0 Å². The van der Waals surface area contributed by atoms with E-state index in [0.29, 0.717) is 24.2 Å². The maximum Gasteiger partial charge on any atom is 0.326 e. The van der Waals surface area contributed by atoms with Crippen molar-refractivity contribution in [2.24, 2.45) is 0 Å². The summed E-state index contributed by atoms with van der Waals surface area (Å²) in [4.78, 5) is 37.5. The molecule has 1 aliphatic heterocycles. The number of benzene rings is 1. The lowest BCUT2D eigenvalue weighted by molar-refractivity contribution is -0.143. The summed E-state index contributed by atoms with van der Waals surface area (Å²) in [6.45, 7) is 0.408. The third kappa shape index (κ3) is 3.68. The highest BCUT2D eigenvalue weighted by Gasteiger charge is 2.32. The van der Waals surface area contributed by atoms with Crippen LogP contribution in [0.4, 0.5) is 5.69 Å². The van der Waals surface area contributed by atoms with Gasteiger partial charge < -0.3 is 19.8 Å². The number of likely N-dealkylation sites (tertiary alicyclic amines) is 1. The summed E-state index contributed by atoms with van der Waals surface area (Å²) < 4.78 is 4.62. The second kappa shape index (κ2) is 7.16. The number of aliphatic carboxylic acids is 1. The van der Waals surface area contributed by atoms with Crippen molar-refractivity contribution < 1.29 is 24.0 Å². The number of carbonyl (C=O) groups excluding carboxylic acids is 2. The fourth-order valence-corrected chi connectivity index (χ4v) is 2.85. The van der Waals surface area contributed by atoms with E-state index in [4.69, 9.17) is 0 Å². The zero-order valence-corrected chi connectivity index (χ0v) is 13.3. The number of carboxylic acids is 1. The Hall–Kier alpha value is -3.16. The highest BCUT2D eigenvalue weighted by molar-refractivity contribution is 6.04. The lowest BCUT2D eigenvalue weighted by atomic mass is 10.0. The van der Waals surface area contributed by atoms with Crippen LogP contribution in [-0.4, -0.2) is 45.5 Å². The fraction of sp³-hybridized carbons (Fsp3) is 0.294. The van der Waals surface area contributed by atoms with Gasteiger partial charge in [0, 0.05) is 23.9 Å². The van der Waals surface area contributed by atoms with Crippen molar-refractivity contribution >= 4 is 23.5 Å².